The van der Waals surface area contributed by atoms with Crippen LogP contribution in [-0.4, -0.2) is 73.3 Å². The molecule has 1 aliphatic rings. The van der Waals surface area contributed by atoms with Gasteiger partial charge in [0, 0.05) is 25.3 Å². The number of likely N-dealkylation sites (tertiary alicyclic amines) is 1. The number of amides is 2. The van der Waals surface area contributed by atoms with Crippen LogP contribution in [0.1, 0.15) is 29.6 Å². The molecule has 2 rings (SSSR count). The number of nitrogens with one attached hydrogen (secondary N) is 1. The molecule has 1 aromatic carbocycles. The maximum atomic E-state index is 12.5. The van der Waals surface area contributed by atoms with Gasteiger partial charge < -0.3 is 25.0 Å². The topological polar surface area (TPSA) is 82.1 Å². The van der Waals surface area contributed by atoms with Crippen molar-refractivity contribution in [2.45, 2.75) is 24.9 Å². The summed E-state index contributed by atoms with van der Waals surface area (Å²) in [7, 11) is 5.20. The molecule has 1 aromatic rings. The van der Waals surface area contributed by atoms with Crippen molar-refractivity contribution in [2.75, 3.05) is 46.2 Å². The summed E-state index contributed by atoms with van der Waals surface area (Å²) in [4.78, 5) is 27.6. The number of urea groups is 1. The number of methoxy groups -OCH3 is 1. The van der Waals surface area contributed by atoms with Gasteiger partial charge in [0.05, 0.1) is 18.3 Å². The summed E-state index contributed by atoms with van der Waals surface area (Å²) in [6.45, 7) is 1.72. The third-order valence-corrected chi connectivity index (χ3v) is 4.37. The van der Waals surface area contributed by atoms with Gasteiger partial charge in [-0.3, -0.25) is 0 Å². The normalized spacial score (nSPS) is 20.9. The van der Waals surface area contributed by atoms with Crippen LogP contribution in [0.4, 0.5) is 10.5 Å². The van der Waals surface area contributed by atoms with Gasteiger partial charge in [-0.2, -0.15) is 0 Å². The summed E-state index contributed by atoms with van der Waals surface area (Å²) < 4.78 is 4.65. The lowest BCUT2D eigenvalue weighted by atomic mass is 9.94. The minimum Gasteiger partial charge on any atom is -0.465 e. The van der Waals surface area contributed by atoms with E-state index in [0.717, 1.165) is 6.42 Å². The molecule has 7 heteroatoms. The Labute approximate surface area is 148 Å². The van der Waals surface area contributed by atoms with E-state index in [2.05, 4.69) is 10.1 Å². The van der Waals surface area contributed by atoms with Crippen LogP contribution in [0.15, 0.2) is 24.3 Å². The Morgan fingerprint density at radius 1 is 1.24 bits per heavy atom. The fourth-order valence-electron chi connectivity index (χ4n) is 3.14. The zero-order valence-electron chi connectivity index (χ0n) is 15.1. The Morgan fingerprint density at radius 2 is 1.92 bits per heavy atom. The van der Waals surface area contributed by atoms with Crippen molar-refractivity contribution in [3.63, 3.8) is 0 Å². The minimum atomic E-state index is -0.749. The maximum Gasteiger partial charge on any atom is 0.337 e. The van der Waals surface area contributed by atoms with Gasteiger partial charge in [0.15, 0.2) is 0 Å². The predicted molar refractivity (Wildman–Crippen MR) is 95.7 cm³/mol. The second-order valence-corrected chi connectivity index (χ2v) is 6.80. The average molecular weight is 349 g/mol. The highest BCUT2D eigenvalue weighted by Gasteiger charge is 2.31. The molecule has 7 nitrogen and oxygen atoms in total. The zero-order valence-corrected chi connectivity index (χ0v) is 15.1. The smallest absolute Gasteiger partial charge is 0.337 e. The number of nitrogens with zero attached hydrogens (tertiary/aromatic N) is 2. The lowest BCUT2D eigenvalue weighted by molar-refractivity contribution is 0.00360. The van der Waals surface area contributed by atoms with E-state index >= 15 is 0 Å². The Morgan fingerprint density at radius 3 is 2.52 bits per heavy atom. The van der Waals surface area contributed by atoms with Gasteiger partial charge in [-0.1, -0.05) is 0 Å². The van der Waals surface area contributed by atoms with Crippen molar-refractivity contribution in [1.82, 2.24) is 9.80 Å². The Balaban J connectivity index is 1.93. The van der Waals surface area contributed by atoms with Gasteiger partial charge in [-0.15, -0.1) is 0 Å². The first-order valence-corrected chi connectivity index (χ1v) is 8.44. The number of likely N-dealkylation sites (N-methyl/N-ethyl adjacent to an activating group) is 1. The quantitative estimate of drug-likeness (QED) is 0.810. The zero-order chi connectivity index (χ0) is 18.4. The number of benzene rings is 1. The maximum absolute atomic E-state index is 12.5. The molecule has 1 fully saturated rings. The molecule has 2 N–H and O–H groups in total. The first-order chi connectivity index (χ1) is 11.8. The highest BCUT2D eigenvalue weighted by molar-refractivity contribution is 5.92. The fourth-order valence-corrected chi connectivity index (χ4v) is 3.14. The molecule has 138 valence electrons. The van der Waals surface area contributed by atoms with Gasteiger partial charge in [0.2, 0.25) is 0 Å². The lowest BCUT2D eigenvalue weighted by Gasteiger charge is -2.29. The number of hydrogen-bond acceptors (Lipinski definition) is 5. The molecule has 2 amide bonds. The number of rotatable bonds is 4. The SMILES string of the molecule is COC(=O)c1ccc(NC(=O)N2CCC[C@@](O)(CN(C)C)CC2)cc1. The first-order valence-electron chi connectivity index (χ1n) is 8.44. The van der Waals surface area contributed by atoms with Gasteiger partial charge in [0.25, 0.3) is 0 Å². The van der Waals surface area contributed by atoms with Crippen molar-refractivity contribution < 1.29 is 19.4 Å². The second-order valence-electron chi connectivity index (χ2n) is 6.80. The third-order valence-electron chi connectivity index (χ3n) is 4.37. The Kier molecular flexibility index (Phi) is 6.39. The van der Waals surface area contributed by atoms with E-state index in [9.17, 15) is 14.7 Å². The molecule has 0 saturated carbocycles. The molecule has 1 atom stereocenters. The highest BCUT2D eigenvalue weighted by atomic mass is 16.5. The molecular weight excluding hydrogens is 322 g/mol. The minimum absolute atomic E-state index is 0.195. The van der Waals surface area contributed by atoms with Crippen LogP contribution in [0.25, 0.3) is 0 Å². The number of ether oxygens (including phenoxy) is 1. The van der Waals surface area contributed by atoms with Crippen LogP contribution in [0.5, 0.6) is 0 Å². The number of anilines is 1. The number of carbonyl (C=O) groups excluding carboxylic acids is 2. The predicted octanol–water partition coefficient (Wildman–Crippen LogP) is 1.78. The van der Waals surface area contributed by atoms with Crippen molar-refractivity contribution >= 4 is 17.7 Å². The Hall–Kier alpha value is -2.12. The summed E-state index contributed by atoms with van der Waals surface area (Å²) in [5, 5.41) is 13.5. The Bertz CT molecular complexity index is 603. The second kappa shape index (κ2) is 8.31. The van der Waals surface area contributed by atoms with Gasteiger partial charge in [-0.25, -0.2) is 9.59 Å². The summed E-state index contributed by atoms with van der Waals surface area (Å²) in [5.41, 5.74) is 0.301. The number of carbonyl (C=O) groups is 2. The van der Waals surface area contributed by atoms with Gasteiger partial charge in [-0.05, 0) is 57.6 Å². The summed E-state index contributed by atoms with van der Waals surface area (Å²) in [6, 6.07) is 6.37. The van der Waals surface area contributed by atoms with Gasteiger partial charge in [0.1, 0.15) is 0 Å². The van der Waals surface area contributed by atoms with Crippen LogP contribution in [-0.2, 0) is 4.74 Å². The monoisotopic (exact) mass is 349 g/mol. The van der Waals surface area contributed by atoms with Crippen LogP contribution in [0.3, 0.4) is 0 Å². The summed E-state index contributed by atoms with van der Waals surface area (Å²) >= 11 is 0. The van der Waals surface area contributed by atoms with E-state index < -0.39 is 11.6 Å². The molecule has 0 aromatic heterocycles. The van der Waals surface area contributed by atoms with E-state index in [1.165, 1.54) is 7.11 Å². The lowest BCUT2D eigenvalue weighted by Crippen LogP contribution is -2.42. The molecular formula is C18H27N3O4. The van der Waals surface area contributed by atoms with E-state index in [4.69, 9.17) is 0 Å². The molecule has 0 bridgehead atoms. The molecule has 0 spiro atoms. The van der Waals surface area contributed by atoms with Crippen molar-refractivity contribution in [3.05, 3.63) is 29.8 Å². The van der Waals surface area contributed by atoms with Crippen molar-refractivity contribution in [2.24, 2.45) is 0 Å². The van der Waals surface area contributed by atoms with Crippen molar-refractivity contribution in [3.8, 4) is 0 Å². The van der Waals surface area contributed by atoms with Crippen LogP contribution >= 0.6 is 0 Å². The van der Waals surface area contributed by atoms with Gasteiger partial charge >= 0.3 is 12.0 Å². The molecule has 25 heavy (non-hydrogen) atoms. The third kappa shape index (κ3) is 5.44. The molecule has 1 saturated heterocycles. The van der Waals surface area contributed by atoms with E-state index in [1.807, 2.05) is 19.0 Å². The van der Waals surface area contributed by atoms with E-state index in [-0.39, 0.29) is 6.03 Å². The molecule has 0 aliphatic carbocycles. The average Bonchev–Trinajstić information content (AvgIpc) is 2.76. The molecule has 0 radical (unpaired) electrons. The van der Waals surface area contributed by atoms with E-state index in [1.54, 1.807) is 29.2 Å². The van der Waals surface area contributed by atoms with Crippen LogP contribution < -0.4 is 5.32 Å². The van der Waals surface area contributed by atoms with E-state index in [0.29, 0.717) is 43.7 Å². The van der Waals surface area contributed by atoms with Crippen LogP contribution in [0, 0.1) is 0 Å². The molecule has 0 unspecified atom stereocenters. The molecule has 1 heterocycles. The fraction of sp³-hybridized carbons (Fsp3) is 0.556. The van der Waals surface area contributed by atoms with Crippen molar-refractivity contribution in [1.29, 1.82) is 0 Å². The molecule has 1 aliphatic heterocycles. The number of esters is 1. The van der Waals surface area contributed by atoms with Crippen LogP contribution in [0.2, 0.25) is 0 Å². The summed E-state index contributed by atoms with van der Waals surface area (Å²) in [6.07, 6.45) is 2.00. The largest absolute Gasteiger partial charge is 0.465 e. The standard InChI is InChI=1S/C18H27N3O4/c1-20(2)13-18(24)9-4-11-21(12-10-18)17(23)19-15-7-5-14(6-8-15)16(22)25-3/h5-8,24H,4,9-13H2,1-3H3,(H,19,23)/t18-/m0/s1. The summed E-state index contributed by atoms with van der Waals surface area (Å²) in [5.74, 6) is -0.412. The number of hydrogen-bond donors (Lipinski definition) is 2. The highest BCUT2D eigenvalue weighted by Crippen LogP contribution is 2.23. The number of aliphatic hydroxyl groups is 1. The first kappa shape index (κ1) is 19.2.